The molecule has 0 saturated heterocycles. The molecule has 16 heavy (non-hydrogen) atoms. The molecule has 3 nitrogen and oxygen atoms in total. The van der Waals surface area contributed by atoms with Gasteiger partial charge in [-0.2, -0.15) is 0 Å². The monoisotopic (exact) mass is 222 g/mol. The summed E-state index contributed by atoms with van der Waals surface area (Å²) < 4.78 is 0. The van der Waals surface area contributed by atoms with Gasteiger partial charge in [-0.15, -0.1) is 0 Å². The highest BCUT2D eigenvalue weighted by molar-refractivity contribution is 5.66. The lowest BCUT2D eigenvalue weighted by atomic mass is 9.95. The lowest BCUT2D eigenvalue weighted by molar-refractivity contribution is -0.137. The fraction of sp³-hybridized carbons (Fsp3) is 0.462. The normalized spacial score (nSPS) is 12.3. The van der Waals surface area contributed by atoms with E-state index in [1.54, 1.807) is 12.1 Å². The number of carboxylic acids is 1. The number of hydrogen-bond donors (Lipinski definition) is 2. The van der Waals surface area contributed by atoms with Crippen LogP contribution in [0.25, 0.3) is 0 Å². The number of benzene rings is 1. The summed E-state index contributed by atoms with van der Waals surface area (Å²) in [5.74, 6) is -0.0338. The van der Waals surface area contributed by atoms with Gasteiger partial charge in [-0.1, -0.05) is 25.5 Å². The lowest BCUT2D eigenvalue weighted by Crippen LogP contribution is -1.96. The first kappa shape index (κ1) is 12.6. The minimum Gasteiger partial charge on any atom is -0.508 e. The zero-order valence-electron chi connectivity index (χ0n) is 9.52. The molecule has 0 spiro atoms. The summed E-state index contributed by atoms with van der Waals surface area (Å²) in [6, 6.07) is 7.19. The molecule has 0 aromatic heterocycles. The van der Waals surface area contributed by atoms with Gasteiger partial charge in [-0.05, 0) is 36.5 Å². The zero-order chi connectivity index (χ0) is 12.0. The Kier molecular flexibility index (Phi) is 4.83. The van der Waals surface area contributed by atoms with Crippen molar-refractivity contribution in [3.63, 3.8) is 0 Å². The maximum Gasteiger partial charge on any atom is 0.303 e. The Balaban J connectivity index is 2.32. The van der Waals surface area contributed by atoms with Crippen LogP contribution in [0, 0.1) is 0 Å². The Hall–Kier alpha value is -1.51. The van der Waals surface area contributed by atoms with E-state index in [0.717, 1.165) is 19.3 Å². The van der Waals surface area contributed by atoms with Crippen molar-refractivity contribution < 1.29 is 15.0 Å². The van der Waals surface area contributed by atoms with E-state index in [-0.39, 0.29) is 12.2 Å². The number of phenolic OH excluding ortho intramolecular Hbond substituents is 1. The van der Waals surface area contributed by atoms with Gasteiger partial charge in [0.25, 0.3) is 0 Å². The summed E-state index contributed by atoms with van der Waals surface area (Å²) in [6.45, 7) is 2.12. The summed E-state index contributed by atoms with van der Waals surface area (Å²) in [5, 5.41) is 17.6. The van der Waals surface area contributed by atoms with Gasteiger partial charge in [-0.25, -0.2) is 0 Å². The highest BCUT2D eigenvalue weighted by Crippen LogP contribution is 2.23. The maximum atomic E-state index is 10.3. The summed E-state index contributed by atoms with van der Waals surface area (Å²) in [4.78, 5) is 10.3. The zero-order valence-corrected chi connectivity index (χ0v) is 9.52. The highest BCUT2D eigenvalue weighted by atomic mass is 16.4. The minimum absolute atomic E-state index is 0.252. The smallest absolute Gasteiger partial charge is 0.303 e. The third-order valence-corrected chi connectivity index (χ3v) is 2.74. The second-order valence-corrected chi connectivity index (χ2v) is 4.13. The molecule has 0 aliphatic heterocycles. The molecule has 0 fully saturated rings. The Morgan fingerprint density at radius 3 is 2.44 bits per heavy atom. The molecule has 0 amide bonds. The largest absolute Gasteiger partial charge is 0.508 e. The van der Waals surface area contributed by atoms with Crippen LogP contribution in [0.1, 0.15) is 44.1 Å². The molecule has 1 aromatic rings. The molecule has 0 radical (unpaired) electrons. The van der Waals surface area contributed by atoms with Crippen LogP contribution in [-0.2, 0) is 4.79 Å². The van der Waals surface area contributed by atoms with E-state index in [0.29, 0.717) is 5.92 Å². The van der Waals surface area contributed by atoms with E-state index in [1.807, 2.05) is 12.1 Å². The third kappa shape index (κ3) is 4.34. The van der Waals surface area contributed by atoms with E-state index in [2.05, 4.69) is 6.92 Å². The van der Waals surface area contributed by atoms with Crippen molar-refractivity contribution in [2.24, 2.45) is 0 Å². The number of unbranched alkanes of at least 4 members (excludes halogenated alkanes) is 1. The lowest BCUT2D eigenvalue weighted by Gasteiger charge is -2.11. The van der Waals surface area contributed by atoms with Gasteiger partial charge in [0.1, 0.15) is 5.75 Å². The number of carboxylic acid groups (broad SMARTS) is 1. The summed E-state index contributed by atoms with van der Waals surface area (Å²) in [6.07, 6.45) is 2.90. The van der Waals surface area contributed by atoms with Gasteiger partial charge in [0.05, 0.1) is 0 Å². The van der Waals surface area contributed by atoms with E-state index in [4.69, 9.17) is 10.2 Å². The van der Waals surface area contributed by atoms with E-state index >= 15 is 0 Å². The average molecular weight is 222 g/mol. The molecule has 1 unspecified atom stereocenters. The first-order valence-corrected chi connectivity index (χ1v) is 5.60. The van der Waals surface area contributed by atoms with Crippen LogP contribution in [0.3, 0.4) is 0 Å². The Morgan fingerprint density at radius 2 is 1.88 bits per heavy atom. The number of hydrogen-bond acceptors (Lipinski definition) is 2. The molecule has 0 aliphatic carbocycles. The Bertz CT molecular complexity index is 330. The summed E-state index contributed by atoms with van der Waals surface area (Å²) in [5.41, 5.74) is 1.19. The molecule has 2 N–H and O–H groups in total. The average Bonchev–Trinajstić information content (AvgIpc) is 2.25. The Morgan fingerprint density at radius 1 is 1.25 bits per heavy atom. The molecule has 88 valence electrons. The van der Waals surface area contributed by atoms with Crippen molar-refractivity contribution in [2.75, 3.05) is 0 Å². The summed E-state index contributed by atoms with van der Waals surface area (Å²) >= 11 is 0. The van der Waals surface area contributed by atoms with Crippen LogP contribution in [0.5, 0.6) is 5.75 Å². The molecule has 0 heterocycles. The van der Waals surface area contributed by atoms with Gasteiger partial charge in [0.15, 0.2) is 0 Å². The number of aliphatic carboxylic acids is 1. The predicted octanol–water partition coefficient (Wildman–Crippen LogP) is 3.14. The van der Waals surface area contributed by atoms with Crippen LogP contribution in [0.2, 0.25) is 0 Å². The van der Waals surface area contributed by atoms with Crippen LogP contribution >= 0.6 is 0 Å². The minimum atomic E-state index is -0.725. The second kappa shape index (κ2) is 6.16. The molecule has 1 atom stereocenters. The molecule has 0 saturated carbocycles. The van der Waals surface area contributed by atoms with Crippen molar-refractivity contribution in [2.45, 2.75) is 38.5 Å². The van der Waals surface area contributed by atoms with E-state index < -0.39 is 5.97 Å². The maximum absolute atomic E-state index is 10.3. The van der Waals surface area contributed by atoms with E-state index in [1.165, 1.54) is 5.56 Å². The molecule has 3 heteroatoms. The van der Waals surface area contributed by atoms with Crippen molar-refractivity contribution >= 4 is 5.97 Å². The van der Waals surface area contributed by atoms with Gasteiger partial charge in [-0.3, -0.25) is 4.79 Å². The van der Waals surface area contributed by atoms with Gasteiger partial charge in [0.2, 0.25) is 0 Å². The topological polar surface area (TPSA) is 57.5 Å². The predicted molar refractivity (Wildman–Crippen MR) is 62.6 cm³/mol. The first-order valence-electron chi connectivity index (χ1n) is 5.60. The van der Waals surface area contributed by atoms with Crippen molar-refractivity contribution in [1.29, 1.82) is 0 Å². The molecule has 0 bridgehead atoms. The molecule has 1 rings (SSSR count). The first-order chi connectivity index (χ1) is 7.59. The van der Waals surface area contributed by atoms with Gasteiger partial charge in [0, 0.05) is 6.42 Å². The number of rotatable bonds is 6. The van der Waals surface area contributed by atoms with Gasteiger partial charge < -0.3 is 10.2 Å². The Labute approximate surface area is 95.7 Å². The highest BCUT2D eigenvalue weighted by Gasteiger charge is 2.05. The fourth-order valence-corrected chi connectivity index (χ4v) is 1.70. The van der Waals surface area contributed by atoms with Crippen LogP contribution in [0.15, 0.2) is 24.3 Å². The molecule has 0 aliphatic rings. The fourth-order valence-electron chi connectivity index (χ4n) is 1.70. The van der Waals surface area contributed by atoms with Crippen molar-refractivity contribution in [3.05, 3.63) is 29.8 Å². The second-order valence-electron chi connectivity index (χ2n) is 4.13. The quantitative estimate of drug-likeness (QED) is 0.727. The number of carbonyl (C=O) groups is 1. The summed E-state index contributed by atoms with van der Waals surface area (Å²) in [7, 11) is 0. The molecular weight excluding hydrogens is 204 g/mol. The SMILES string of the molecule is CC(CCCCC(=O)O)c1ccc(O)cc1. The van der Waals surface area contributed by atoms with Crippen molar-refractivity contribution in [1.82, 2.24) is 0 Å². The molecular formula is C13H18O3. The standard InChI is InChI=1S/C13H18O3/c1-10(4-2-3-5-13(15)16)11-6-8-12(14)9-7-11/h6-10,14H,2-5H2,1H3,(H,15,16). The van der Waals surface area contributed by atoms with Crippen LogP contribution < -0.4 is 0 Å². The number of aromatic hydroxyl groups is 1. The molecule has 1 aromatic carbocycles. The third-order valence-electron chi connectivity index (χ3n) is 2.74. The van der Waals surface area contributed by atoms with Crippen molar-refractivity contribution in [3.8, 4) is 5.75 Å². The van der Waals surface area contributed by atoms with E-state index in [9.17, 15) is 4.79 Å². The van der Waals surface area contributed by atoms with Gasteiger partial charge >= 0.3 is 5.97 Å². The number of phenols is 1. The van der Waals surface area contributed by atoms with Crippen LogP contribution in [-0.4, -0.2) is 16.2 Å². The van der Waals surface area contributed by atoms with Crippen LogP contribution in [0.4, 0.5) is 0 Å².